The summed E-state index contributed by atoms with van der Waals surface area (Å²) in [6, 6.07) is 8.56. The van der Waals surface area contributed by atoms with E-state index in [-0.39, 0.29) is 0 Å². The number of hydrogen-bond donors (Lipinski definition) is 2. The van der Waals surface area contributed by atoms with Gasteiger partial charge in [-0.1, -0.05) is 18.2 Å². The highest BCUT2D eigenvalue weighted by Crippen LogP contribution is 2.25. The molecular weight excluding hydrogens is 198 g/mol. The summed E-state index contributed by atoms with van der Waals surface area (Å²) in [6.45, 7) is 2.70. The average Bonchev–Trinajstić information content (AvgIpc) is 2.34. The predicted molar refractivity (Wildman–Crippen MR) is 63.6 cm³/mol. The minimum Gasteiger partial charge on any atom is -0.508 e. The quantitative estimate of drug-likeness (QED) is 0.760. The summed E-state index contributed by atoms with van der Waals surface area (Å²) in [4.78, 5) is 1.77. The summed E-state index contributed by atoms with van der Waals surface area (Å²) in [7, 11) is 0. The number of benzene rings is 1. The summed E-state index contributed by atoms with van der Waals surface area (Å²) in [6.07, 6.45) is 5.27. The summed E-state index contributed by atoms with van der Waals surface area (Å²) >= 11 is 0. The van der Waals surface area contributed by atoms with Gasteiger partial charge in [-0.05, 0) is 30.4 Å². The fourth-order valence-electron chi connectivity index (χ4n) is 3.44. The summed E-state index contributed by atoms with van der Waals surface area (Å²) < 4.78 is 0. The van der Waals surface area contributed by atoms with E-state index < -0.39 is 0 Å². The molecule has 0 saturated carbocycles. The van der Waals surface area contributed by atoms with E-state index in [1.165, 1.54) is 32.4 Å². The van der Waals surface area contributed by atoms with Gasteiger partial charge in [0, 0.05) is 12.8 Å². The predicted octanol–water partition coefficient (Wildman–Crippen LogP) is 1.00. The van der Waals surface area contributed by atoms with Crippen LogP contribution in [0.15, 0.2) is 24.3 Å². The van der Waals surface area contributed by atoms with Gasteiger partial charge in [-0.3, -0.25) is 0 Å². The third kappa shape index (κ3) is 1.82. The molecule has 16 heavy (non-hydrogen) atoms. The molecule has 2 nitrogen and oxygen atoms in total. The third-order valence-corrected chi connectivity index (χ3v) is 4.40. The van der Waals surface area contributed by atoms with E-state index in [0.29, 0.717) is 5.75 Å². The van der Waals surface area contributed by atoms with Crippen LogP contribution in [0.5, 0.6) is 5.75 Å². The van der Waals surface area contributed by atoms with E-state index >= 15 is 0 Å². The van der Waals surface area contributed by atoms with E-state index in [4.69, 9.17) is 0 Å². The second kappa shape index (κ2) is 4.10. The molecule has 1 atom stereocenters. The monoisotopic (exact) mass is 218 g/mol. The molecule has 2 N–H and O–H groups in total. The van der Waals surface area contributed by atoms with Gasteiger partial charge in [-0.25, -0.2) is 0 Å². The maximum Gasteiger partial charge on any atom is 0.119 e. The Balaban J connectivity index is 1.73. The molecule has 86 valence electrons. The molecule has 0 radical (unpaired) electrons. The topological polar surface area (TPSA) is 24.7 Å². The zero-order valence-corrected chi connectivity index (χ0v) is 9.65. The van der Waals surface area contributed by atoms with E-state index in [9.17, 15) is 5.11 Å². The number of quaternary nitrogens is 1. The number of piperidine rings is 3. The Morgan fingerprint density at radius 2 is 1.94 bits per heavy atom. The van der Waals surface area contributed by atoms with Crippen molar-refractivity contribution < 1.29 is 10.0 Å². The molecule has 3 saturated heterocycles. The van der Waals surface area contributed by atoms with Crippen molar-refractivity contribution in [1.29, 1.82) is 0 Å². The molecule has 3 aliphatic rings. The molecule has 0 aromatic heterocycles. The fraction of sp³-hybridized carbons (Fsp3) is 0.571. The lowest BCUT2D eigenvalue weighted by molar-refractivity contribution is -0.941. The van der Waals surface area contributed by atoms with Crippen molar-refractivity contribution in [2.75, 3.05) is 13.1 Å². The first kappa shape index (κ1) is 10.2. The van der Waals surface area contributed by atoms with Crippen LogP contribution in [-0.2, 0) is 6.42 Å². The minimum atomic E-state index is 0.476. The van der Waals surface area contributed by atoms with E-state index in [0.717, 1.165) is 23.9 Å². The molecule has 0 amide bonds. The number of nitrogens with one attached hydrogen (secondary N) is 1. The molecule has 2 heteroatoms. The molecule has 0 spiro atoms. The number of rotatable bonds is 2. The first-order chi connectivity index (χ1) is 7.83. The fourth-order valence-corrected chi connectivity index (χ4v) is 3.44. The Bertz CT molecular complexity index is 369. The highest BCUT2D eigenvalue weighted by atomic mass is 16.3. The molecular formula is C14H20NO+. The van der Waals surface area contributed by atoms with Crippen LogP contribution < -0.4 is 4.90 Å². The second-order valence-electron chi connectivity index (χ2n) is 5.37. The largest absolute Gasteiger partial charge is 0.508 e. The van der Waals surface area contributed by atoms with Crippen molar-refractivity contribution in [2.45, 2.75) is 31.7 Å². The number of aromatic hydroxyl groups is 1. The Morgan fingerprint density at radius 3 is 2.56 bits per heavy atom. The van der Waals surface area contributed by atoms with Crippen molar-refractivity contribution in [3.8, 4) is 5.75 Å². The Kier molecular flexibility index (Phi) is 2.60. The van der Waals surface area contributed by atoms with Crippen LogP contribution in [0.2, 0.25) is 0 Å². The Morgan fingerprint density at radius 1 is 1.19 bits per heavy atom. The molecule has 4 rings (SSSR count). The Hall–Kier alpha value is -1.02. The molecule has 3 aliphatic heterocycles. The van der Waals surface area contributed by atoms with E-state index in [1.807, 2.05) is 12.1 Å². The van der Waals surface area contributed by atoms with Gasteiger partial charge in [0.25, 0.3) is 0 Å². The van der Waals surface area contributed by atoms with Gasteiger partial charge in [0.05, 0.1) is 19.1 Å². The average molecular weight is 218 g/mol. The normalized spacial score (nSPS) is 32.9. The lowest BCUT2D eigenvalue weighted by Crippen LogP contribution is -3.18. The van der Waals surface area contributed by atoms with Crippen molar-refractivity contribution in [2.24, 2.45) is 5.92 Å². The first-order valence-electron chi connectivity index (χ1n) is 6.44. The number of hydrogen-bond acceptors (Lipinski definition) is 1. The zero-order chi connectivity index (χ0) is 11.0. The van der Waals surface area contributed by atoms with Crippen molar-refractivity contribution >= 4 is 0 Å². The smallest absolute Gasteiger partial charge is 0.119 e. The maximum absolute atomic E-state index is 9.80. The number of fused-ring (bicyclic) bond motifs is 3. The molecule has 0 aliphatic carbocycles. The molecule has 1 aromatic rings. The molecule has 3 fully saturated rings. The van der Waals surface area contributed by atoms with Crippen molar-refractivity contribution in [3.05, 3.63) is 29.8 Å². The Labute approximate surface area is 96.9 Å². The summed E-state index contributed by atoms with van der Waals surface area (Å²) in [5.74, 6) is 1.44. The number of phenols is 1. The van der Waals surface area contributed by atoms with Gasteiger partial charge in [0.1, 0.15) is 5.75 Å². The maximum atomic E-state index is 9.80. The van der Waals surface area contributed by atoms with Crippen molar-refractivity contribution in [3.63, 3.8) is 0 Å². The summed E-state index contributed by atoms with van der Waals surface area (Å²) in [5, 5.41) is 9.80. The van der Waals surface area contributed by atoms with E-state index in [2.05, 4.69) is 6.07 Å². The number of phenolic OH excluding ortho intramolecular Hbond substituents is 1. The van der Waals surface area contributed by atoms with Gasteiger partial charge < -0.3 is 10.0 Å². The first-order valence-corrected chi connectivity index (χ1v) is 6.44. The molecule has 2 bridgehead atoms. The lowest BCUT2D eigenvalue weighted by atomic mass is 9.81. The van der Waals surface area contributed by atoms with Crippen LogP contribution in [-0.4, -0.2) is 24.2 Å². The van der Waals surface area contributed by atoms with Gasteiger partial charge in [0.15, 0.2) is 0 Å². The van der Waals surface area contributed by atoms with Crippen LogP contribution in [0.1, 0.15) is 24.8 Å². The molecule has 0 unspecified atom stereocenters. The van der Waals surface area contributed by atoms with Crippen LogP contribution in [0, 0.1) is 5.92 Å². The van der Waals surface area contributed by atoms with Crippen LogP contribution in [0.4, 0.5) is 0 Å². The third-order valence-electron chi connectivity index (χ3n) is 4.40. The van der Waals surface area contributed by atoms with Gasteiger partial charge in [-0.15, -0.1) is 0 Å². The lowest BCUT2D eigenvalue weighted by Gasteiger charge is -2.42. The van der Waals surface area contributed by atoms with Crippen LogP contribution in [0.3, 0.4) is 0 Å². The highest BCUT2D eigenvalue weighted by molar-refractivity contribution is 5.32. The van der Waals surface area contributed by atoms with Gasteiger partial charge >= 0.3 is 0 Å². The zero-order valence-electron chi connectivity index (χ0n) is 9.65. The molecule has 3 heterocycles. The summed E-state index contributed by atoms with van der Waals surface area (Å²) in [5.41, 5.74) is 1.13. The van der Waals surface area contributed by atoms with Crippen molar-refractivity contribution in [1.82, 2.24) is 0 Å². The van der Waals surface area contributed by atoms with Gasteiger partial charge in [0.2, 0.25) is 0 Å². The van der Waals surface area contributed by atoms with E-state index in [1.54, 1.807) is 11.0 Å². The minimum absolute atomic E-state index is 0.476. The van der Waals surface area contributed by atoms with Crippen LogP contribution in [0.25, 0.3) is 0 Å². The number of para-hydroxylation sites is 1. The SMILES string of the molecule is Oc1ccccc1C[C@@H]1CC2CC[NH+]1CC2. The molecule has 1 aromatic carbocycles. The second-order valence-corrected chi connectivity index (χ2v) is 5.37. The highest BCUT2D eigenvalue weighted by Gasteiger charge is 2.37. The standard InChI is InChI=1S/C14H19NO/c16-14-4-2-1-3-12(14)10-13-9-11-5-7-15(13)8-6-11/h1-4,11,13,16H,5-10H2/p+1/t13-/m0/s1. The van der Waals surface area contributed by atoms with Crippen LogP contribution >= 0.6 is 0 Å². The van der Waals surface area contributed by atoms with Gasteiger partial charge in [-0.2, -0.15) is 0 Å².